The molecule has 0 aliphatic carbocycles. The SMILES string of the molecule is Cc1ccc(-c2csc3nc(C)n(N=Cc4ccc(OC(F)F)cc4OC(F)F)c(=O)c23)cc1. The van der Waals surface area contributed by atoms with Gasteiger partial charge in [0.15, 0.2) is 0 Å². The van der Waals surface area contributed by atoms with Crippen molar-refractivity contribution in [2.45, 2.75) is 27.1 Å². The number of rotatable bonds is 7. The molecule has 0 unspecified atom stereocenters. The van der Waals surface area contributed by atoms with Crippen LogP contribution in [0.2, 0.25) is 0 Å². The number of aryl methyl sites for hydroxylation is 2. The Hall–Kier alpha value is -3.73. The summed E-state index contributed by atoms with van der Waals surface area (Å²) in [6.07, 6.45) is 1.11. The van der Waals surface area contributed by atoms with Gasteiger partial charge in [-0.2, -0.15) is 27.3 Å². The number of halogens is 4. The van der Waals surface area contributed by atoms with E-state index in [1.807, 2.05) is 36.6 Å². The van der Waals surface area contributed by atoms with Crippen LogP contribution in [0.25, 0.3) is 21.3 Å². The van der Waals surface area contributed by atoms with E-state index in [4.69, 9.17) is 0 Å². The molecule has 0 spiro atoms. The van der Waals surface area contributed by atoms with E-state index in [1.54, 1.807) is 6.92 Å². The number of hydrogen-bond donors (Lipinski definition) is 0. The standard InChI is InChI=1S/C23H17F4N3O3S/c1-12-3-5-14(6-4-12)17-11-34-20-19(17)21(31)30(13(2)29-20)28-10-15-7-8-16(32-22(24)25)9-18(15)33-23(26)27/h3-11,22-23H,1-2H3. The molecule has 11 heteroatoms. The van der Waals surface area contributed by atoms with Gasteiger partial charge in [-0.15, -0.1) is 11.3 Å². The summed E-state index contributed by atoms with van der Waals surface area (Å²) < 4.78 is 60.3. The largest absolute Gasteiger partial charge is 0.435 e. The van der Waals surface area contributed by atoms with Gasteiger partial charge in [0.1, 0.15) is 22.2 Å². The van der Waals surface area contributed by atoms with Crippen molar-refractivity contribution in [1.29, 1.82) is 0 Å². The third-order valence-corrected chi connectivity index (χ3v) is 5.72. The summed E-state index contributed by atoms with van der Waals surface area (Å²) in [7, 11) is 0. The van der Waals surface area contributed by atoms with Crippen molar-refractivity contribution in [2.24, 2.45) is 5.10 Å². The number of aromatic nitrogens is 2. The van der Waals surface area contributed by atoms with Crippen molar-refractivity contribution in [3.8, 4) is 22.6 Å². The van der Waals surface area contributed by atoms with Crippen LogP contribution in [0, 0.1) is 13.8 Å². The molecular weight excluding hydrogens is 474 g/mol. The van der Waals surface area contributed by atoms with Crippen molar-refractivity contribution >= 4 is 27.8 Å². The minimum absolute atomic E-state index is 0.0254. The highest BCUT2D eigenvalue weighted by atomic mass is 32.1. The van der Waals surface area contributed by atoms with E-state index in [-0.39, 0.29) is 17.1 Å². The van der Waals surface area contributed by atoms with Crippen molar-refractivity contribution in [2.75, 3.05) is 0 Å². The Morgan fingerprint density at radius 3 is 2.41 bits per heavy atom. The number of alkyl halides is 4. The minimum atomic E-state index is -3.21. The molecule has 2 aromatic heterocycles. The lowest BCUT2D eigenvalue weighted by molar-refractivity contribution is -0.0543. The molecule has 34 heavy (non-hydrogen) atoms. The van der Waals surface area contributed by atoms with Gasteiger partial charge in [-0.25, -0.2) is 4.98 Å². The molecule has 2 heterocycles. The summed E-state index contributed by atoms with van der Waals surface area (Å²) in [6.45, 7) is -2.80. The Bertz CT molecular complexity index is 1420. The number of fused-ring (bicyclic) bond motifs is 1. The molecule has 0 N–H and O–H groups in total. The first-order valence-corrected chi connectivity index (χ1v) is 10.8. The van der Waals surface area contributed by atoms with Crippen molar-refractivity contribution in [3.63, 3.8) is 0 Å². The van der Waals surface area contributed by atoms with Crippen LogP contribution in [0.5, 0.6) is 11.5 Å². The summed E-state index contributed by atoms with van der Waals surface area (Å²) in [6, 6.07) is 10.9. The van der Waals surface area contributed by atoms with Crippen molar-refractivity contribution < 1.29 is 27.0 Å². The third-order valence-electron chi connectivity index (χ3n) is 4.85. The monoisotopic (exact) mass is 491 g/mol. The van der Waals surface area contributed by atoms with E-state index < -0.39 is 24.5 Å². The van der Waals surface area contributed by atoms with E-state index in [1.165, 1.54) is 17.4 Å². The molecule has 0 aliphatic rings. The molecule has 4 aromatic rings. The quantitative estimate of drug-likeness (QED) is 0.241. The summed E-state index contributed by atoms with van der Waals surface area (Å²) in [5.41, 5.74) is 2.21. The Balaban J connectivity index is 1.77. The molecule has 0 amide bonds. The van der Waals surface area contributed by atoms with Crippen LogP contribution in [0.4, 0.5) is 17.6 Å². The van der Waals surface area contributed by atoms with E-state index in [0.29, 0.717) is 15.8 Å². The topological polar surface area (TPSA) is 65.7 Å². The lowest BCUT2D eigenvalue weighted by atomic mass is 10.1. The van der Waals surface area contributed by atoms with E-state index in [9.17, 15) is 22.4 Å². The Morgan fingerprint density at radius 1 is 1.03 bits per heavy atom. The van der Waals surface area contributed by atoms with Crippen molar-refractivity contribution in [3.05, 3.63) is 75.1 Å². The van der Waals surface area contributed by atoms with E-state index in [0.717, 1.165) is 34.2 Å². The Labute approximate surface area is 194 Å². The highest BCUT2D eigenvalue weighted by Gasteiger charge is 2.16. The highest BCUT2D eigenvalue weighted by molar-refractivity contribution is 7.17. The smallest absolute Gasteiger partial charge is 0.387 e. The Kier molecular flexibility index (Phi) is 6.64. The average molecular weight is 491 g/mol. The van der Waals surface area contributed by atoms with Crippen LogP contribution >= 0.6 is 11.3 Å². The fourth-order valence-corrected chi connectivity index (χ4v) is 4.26. The van der Waals surface area contributed by atoms with Crippen LogP contribution in [0.15, 0.2) is 57.7 Å². The van der Waals surface area contributed by atoms with Crippen LogP contribution in [-0.4, -0.2) is 29.1 Å². The predicted octanol–water partition coefficient (Wildman–Crippen LogP) is 5.83. The lowest BCUT2D eigenvalue weighted by Gasteiger charge is -2.11. The average Bonchev–Trinajstić information content (AvgIpc) is 3.18. The normalized spacial score (nSPS) is 11.8. The van der Waals surface area contributed by atoms with Gasteiger partial charge < -0.3 is 9.47 Å². The number of ether oxygens (including phenoxy) is 2. The third kappa shape index (κ3) is 4.93. The molecule has 0 saturated heterocycles. The highest BCUT2D eigenvalue weighted by Crippen LogP contribution is 2.31. The zero-order valence-electron chi connectivity index (χ0n) is 17.8. The maximum absolute atomic E-state index is 13.3. The molecule has 176 valence electrons. The van der Waals surface area contributed by atoms with Crippen LogP contribution < -0.4 is 15.0 Å². The number of thiophene rings is 1. The van der Waals surface area contributed by atoms with Crippen molar-refractivity contribution in [1.82, 2.24) is 9.66 Å². The summed E-state index contributed by atoms with van der Waals surface area (Å²) in [5.74, 6) is -0.521. The van der Waals surface area contributed by atoms with Gasteiger partial charge in [-0.05, 0) is 31.5 Å². The molecule has 6 nitrogen and oxygen atoms in total. The molecular formula is C23H17F4N3O3S. The molecule has 4 rings (SSSR count). The van der Waals surface area contributed by atoms with Crippen LogP contribution in [0.3, 0.4) is 0 Å². The summed E-state index contributed by atoms with van der Waals surface area (Å²) in [5, 5.41) is 6.34. The first-order valence-electron chi connectivity index (χ1n) is 9.89. The predicted molar refractivity (Wildman–Crippen MR) is 121 cm³/mol. The Morgan fingerprint density at radius 2 is 1.74 bits per heavy atom. The first kappa shape index (κ1) is 23.4. The molecule has 0 aliphatic heterocycles. The van der Waals surface area contributed by atoms with Gasteiger partial charge in [0, 0.05) is 22.6 Å². The van der Waals surface area contributed by atoms with Gasteiger partial charge in [-0.1, -0.05) is 29.8 Å². The minimum Gasteiger partial charge on any atom is -0.435 e. The summed E-state index contributed by atoms with van der Waals surface area (Å²) in [4.78, 5) is 18.3. The fourth-order valence-electron chi connectivity index (χ4n) is 3.28. The van der Waals surface area contributed by atoms with Gasteiger partial charge in [0.25, 0.3) is 5.56 Å². The fraction of sp³-hybridized carbons (Fsp3) is 0.174. The van der Waals surface area contributed by atoms with E-state index in [2.05, 4.69) is 19.6 Å². The molecule has 0 atom stereocenters. The number of hydrogen-bond acceptors (Lipinski definition) is 6. The van der Waals surface area contributed by atoms with Gasteiger partial charge >= 0.3 is 13.2 Å². The second-order valence-electron chi connectivity index (χ2n) is 7.17. The van der Waals surface area contributed by atoms with Crippen LogP contribution in [0.1, 0.15) is 17.0 Å². The summed E-state index contributed by atoms with van der Waals surface area (Å²) >= 11 is 1.33. The second-order valence-corrected chi connectivity index (χ2v) is 8.03. The van der Waals surface area contributed by atoms with Gasteiger partial charge in [0.2, 0.25) is 0 Å². The van der Waals surface area contributed by atoms with E-state index >= 15 is 0 Å². The number of nitrogens with zero attached hydrogens (tertiary/aromatic N) is 3. The molecule has 0 bridgehead atoms. The molecule has 0 fully saturated rings. The first-order chi connectivity index (χ1) is 16.2. The van der Waals surface area contributed by atoms with Gasteiger partial charge in [-0.3, -0.25) is 4.79 Å². The maximum atomic E-state index is 13.3. The molecule has 0 saturated carbocycles. The molecule has 2 aromatic carbocycles. The molecule has 0 radical (unpaired) electrons. The zero-order valence-corrected chi connectivity index (χ0v) is 18.7. The van der Waals surface area contributed by atoms with Crippen LogP contribution in [-0.2, 0) is 0 Å². The maximum Gasteiger partial charge on any atom is 0.387 e. The van der Waals surface area contributed by atoms with Gasteiger partial charge in [0.05, 0.1) is 11.6 Å². The second kappa shape index (κ2) is 9.64. The number of benzene rings is 2. The zero-order chi connectivity index (χ0) is 24.4. The lowest BCUT2D eigenvalue weighted by Crippen LogP contribution is -2.20.